The van der Waals surface area contributed by atoms with Crippen molar-refractivity contribution in [1.29, 1.82) is 0 Å². The first-order chi connectivity index (χ1) is 7.09. The average molecular weight is 247 g/mol. The second kappa shape index (κ2) is 4.32. The van der Waals surface area contributed by atoms with Gasteiger partial charge in [-0.2, -0.15) is 11.8 Å². The zero-order valence-corrected chi connectivity index (χ0v) is 9.74. The van der Waals surface area contributed by atoms with Crippen LogP contribution in [-0.4, -0.2) is 22.2 Å². The lowest BCUT2D eigenvalue weighted by atomic mass is 9.94. The Kier molecular flexibility index (Phi) is 3.24. The van der Waals surface area contributed by atoms with Crippen molar-refractivity contribution in [2.24, 2.45) is 0 Å². The van der Waals surface area contributed by atoms with Crippen LogP contribution in [0.15, 0.2) is 18.2 Å². The first-order valence-corrected chi connectivity index (χ1v) is 6.36. The highest BCUT2D eigenvalue weighted by molar-refractivity contribution is 7.99. The van der Waals surface area contributed by atoms with Crippen LogP contribution in [0.25, 0.3) is 0 Å². The Hall–Kier alpha value is -0.250. The molecule has 0 radical (unpaired) electrons. The van der Waals surface area contributed by atoms with Crippen LogP contribution in [0, 0.1) is 5.82 Å². The fraction of sp³-hybridized carbons (Fsp3) is 0.455. The SMILES string of the molecule is OC1(Cc2ccc(Cl)cc2F)CCSC1. The minimum atomic E-state index is -0.737. The van der Waals surface area contributed by atoms with Gasteiger partial charge < -0.3 is 5.11 Å². The Bertz CT molecular complexity index is 364. The first kappa shape index (κ1) is 11.2. The molecule has 1 aromatic carbocycles. The van der Waals surface area contributed by atoms with Crippen LogP contribution in [-0.2, 0) is 6.42 Å². The van der Waals surface area contributed by atoms with Gasteiger partial charge in [0.2, 0.25) is 0 Å². The van der Waals surface area contributed by atoms with Gasteiger partial charge in [0.05, 0.1) is 5.60 Å². The molecule has 1 heterocycles. The van der Waals surface area contributed by atoms with Crippen molar-refractivity contribution >= 4 is 23.4 Å². The molecule has 82 valence electrons. The molecular weight excluding hydrogens is 235 g/mol. The van der Waals surface area contributed by atoms with Crippen LogP contribution in [0.4, 0.5) is 4.39 Å². The first-order valence-electron chi connectivity index (χ1n) is 4.83. The molecule has 1 aliphatic heterocycles. The summed E-state index contributed by atoms with van der Waals surface area (Å²) in [4.78, 5) is 0. The van der Waals surface area contributed by atoms with E-state index in [0.717, 1.165) is 12.2 Å². The molecule has 1 N–H and O–H groups in total. The summed E-state index contributed by atoms with van der Waals surface area (Å²) >= 11 is 7.37. The van der Waals surface area contributed by atoms with Crippen molar-refractivity contribution < 1.29 is 9.50 Å². The van der Waals surface area contributed by atoms with Gasteiger partial charge in [-0.15, -0.1) is 0 Å². The molecule has 1 aliphatic rings. The van der Waals surface area contributed by atoms with E-state index in [2.05, 4.69) is 0 Å². The second-order valence-corrected chi connectivity index (χ2v) is 5.48. The third-order valence-electron chi connectivity index (χ3n) is 2.62. The van der Waals surface area contributed by atoms with E-state index in [9.17, 15) is 9.50 Å². The Labute approximate surface area is 97.6 Å². The van der Waals surface area contributed by atoms with E-state index < -0.39 is 5.60 Å². The highest BCUT2D eigenvalue weighted by Gasteiger charge is 2.32. The van der Waals surface area contributed by atoms with Crippen molar-refractivity contribution in [1.82, 2.24) is 0 Å². The Morgan fingerprint density at radius 3 is 2.93 bits per heavy atom. The van der Waals surface area contributed by atoms with Crippen molar-refractivity contribution in [3.8, 4) is 0 Å². The summed E-state index contributed by atoms with van der Waals surface area (Å²) in [5.41, 5.74) is -0.191. The van der Waals surface area contributed by atoms with Gasteiger partial charge in [-0.3, -0.25) is 0 Å². The third kappa shape index (κ3) is 2.65. The van der Waals surface area contributed by atoms with Gasteiger partial charge >= 0.3 is 0 Å². The molecule has 1 atom stereocenters. The van der Waals surface area contributed by atoms with E-state index in [1.807, 2.05) is 0 Å². The monoisotopic (exact) mass is 246 g/mol. The highest BCUT2D eigenvalue weighted by atomic mass is 35.5. The molecule has 1 unspecified atom stereocenters. The van der Waals surface area contributed by atoms with Crippen molar-refractivity contribution in [2.75, 3.05) is 11.5 Å². The van der Waals surface area contributed by atoms with Gasteiger partial charge in [0.25, 0.3) is 0 Å². The van der Waals surface area contributed by atoms with Crippen LogP contribution in [0.3, 0.4) is 0 Å². The number of aliphatic hydroxyl groups is 1. The predicted molar refractivity (Wildman–Crippen MR) is 62.0 cm³/mol. The van der Waals surface area contributed by atoms with Gasteiger partial charge in [0.1, 0.15) is 5.82 Å². The van der Waals surface area contributed by atoms with Gasteiger partial charge in [0, 0.05) is 17.2 Å². The maximum absolute atomic E-state index is 13.5. The van der Waals surface area contributed by atoms with E-state index >= 15 is 0 Å². The highest BCUT2D eigenvalue weighted by Crippen LogP contribution is 2.31. The molecule has 0 bridgehead atoms. The Morgan fingerprint density at radius 1 is 1.53 bits per heavy atom. The summed E-state index contributed by atoms with van der Waals surface area (Å²) in [5.74, 6) is 1.31. The maximum atomic E-state index is 13.5. The predicted octanol–water partition coefficient (Wildman–Crippen LogP) is 2.89. The minimum Gasteiger partial charge on any atom is -0.389 e. The molecule has 2 rings (SSSR count). The number of rotatable bonds is 2. The van der Waals surface area contributed by atoms with Crippen molar-refractivity contribution in [2.45, 2.75) is 18.4 Å². The van der Waals surface area contributed by atoms with Gasteiger partial charge in [-0.05, 0) is 29.9 Å². The summed E-state index contributed by atoms with van der Waals surface area (Å²) in [6.45, 7) is 0. The summed E-state index contributed by atoms with van der Waals surface area (Å²) in [6.07, 6.45) is 1.11. The molecule has 1 nitrogen and oxygen atoms in total. The lowest BCUT2D eigenvalue weighted by molar-refractivity contribution is 0.0677. The molecule has 1 saturated heterocycles. The molecule has 0 saturated carbocycles. The van der Waals surface area contributed by atoms with Crippen LogP contribution < -0.4 is 0 Å². The summed E-state index contributed by atoms with van der Waals surface area (Å²) in [5, 5.41) is 10.5. The molecule has 0 aliphatic carbocycles. The number of hydrogen-bond acceptors (Lipinski definition) is 2. The van der Waals surface area contributed by atoms with Crippen molar-refractivity contribution in [3.63, 3.8) is 0 Å². The Balaban J connectivity index is 2.16. The number of halogens is 2. The van der Waals surface area contributed by atoms with Crippen LogP contribution in [0.5, 0.6) is 0 Å². The van der Waals surface area contributed by atoms with Crippen LogP contribution in [0.2, 0.25) is 5.02 Å². The van der Waals surface area contributed by atoms with E-state index in [0.29, 0.717) is 22.8 Å². The van der Waals surface area contributed by atoms with Gasteiger partial charge in [-0.25, -0.2) is 4.39 Å². The molecule has 15 heavy (non-hydrogen) atoms. The normalized spacial score (nSPS) is 25.8. The molecule has 1 aromatic rings. The molecule has 0 amide bonds. The molecule has 0 spiro atoms. The van der Waals surface area contributed by atoms with E-state index in [1.165, 1.54) is 6.07 Å². The van der Waals surface area contributed by atoms with E-state index in [-0.39, 0.29) is 5.82 Å². The standard InChI is InChI=1S/C11H12ClFOS/c12-9-2-1-8(10(13)5-9)6-11(14)3-4-15-7-11/h1-2,5,14H,3-4,6-7H2. The third-order valence-corrected chi connectivity index (χ3v) is 4.09. The smallest absolute Gasteiger partial charge is 0.127 e. The topological polar surface area (TPSA) is 20.2 Å². The molecular formula is C11H12ClFOS. The maximum Gasteiger partial charge on any atom is 0.127 e. The number of benzene rings is 1. The van der Waals surface area contributed by atoms with Crippen LogP contribution >= 0.6 is 23.4 Å². The molecule has 4 heteroatoms. The summed E-state index contributed by atoms with van der Waals surface area (Å²) in [6, 6.07) is 4.60. The largest absolute Gasteiger partial charge is 0.389 e. The fourth-order valence-corrected chi connectivity index (χ4v) is 3.21. The number of thioether (sulfide) groups is 1. The Morgan fingerprint density at radius 2 is 2.33 bits per heavy atom. The second-order valence-electron chi connectivity index (χ2n) is 3.94. The van der Waals surface area contributed by atoms with E-state index in [1.54, 1.807) is 23.9 Å². The zero-order chi connectivity index (χ0) is 10.9. The van der Waals surface area contributed by atoms with Crippen LogP contribution in [0.1, 0.15) is 12.0 Å². The number of hydrogen-bond donors (Lipinski definition) is 1. The summed E-state index contributed by atoms with van der Waals surface area (Å²) in [7, 11) is 0. The van der Waals surface area contributed by atoms with Gasteiger partial charge in [-0.1, -0.05) is 17.7 Å². The molecule has 0 aromatic heterocycles. The lowest BCUT2D eigenvalue weighted by Crippen LogP contribution is -2.31. The zero-order valence-electron chi connectivity index (χ0n) is 8.17. The van der Waals surface area contributed by atoms with E-state index in [4.69, 9.17) is 11.6 Å². The lowest BCUT2D eigenvalue weighted by Gasteiger charge is -2.21. The summed E-state index contributed by atoms with van der Waals surface area (Å²) < 4.78 is 13.5. The van der Waals surface area contributed by atoms with Gasteiger partial charge in [0.15, 0.2) is 0 Å². The minimum absolute atomic E-state index is 0.326. The fourth-order valence-electron chi connectivity index (χ4n) is 1.76. The van der Waals surface area contributed by atoms with Crippen molar-refractivity contribution in [3.05, 3.63) is 34.6 Å². The average Bonchev–Trinajstić information content (AvgIpc) is 2.58. The molecule has 1 fully saturated rings. The quantitative estimate of drug-likeness (QED) is 0.866.